The average Bonchev–Trinajstić information content (AvgIpc) is 2.77. The van der Waals surface area contributed by atoms with Crippen LogP contribution in [0.3, 0.4) is 0 Å². The first-order valence-corrected chi connectivity index (χ1v) is 9.89. The minimum absolute atomic E-state index is 0.00835. The number of rotatable bonds is 5. The highest BCUT2D eigenvalue weighted by atomic mass is 32.2. The van der Waals surface area contributed by atoms with Crippen molar-refractivity contribution < 1.29 is 14.4 Å². The molecule has 0 saturated carbocycles. The quantitative estimate of drug-likeness (QED) is 0.825. The molecule has 1 heterocycles. The Morgan fingerprint density at radius 1 is 1.28 bits per heavy atom. The molecular weight excluding hydrogens is 334 g/mol. The molecule has 0 spiro atoms. The van der Waals surface area contributed by atoms with Crippen molar-refractivity contribution >= 4 is 16.9 Å². The van der Waals surface area contributed by atoms with Crippen molar-refractivity contribution in [2.45, 2.75) is 37.1 Å². The van der Waals surface area contributed by atoms with E-state index in [0.717, 1.165) is 36.1 Å². The van der Waals surface area contributed by atoms with Crippen LogP contribution in [0, 0.1) is 0 Å². The normalized spacial score (nSPS) is 19.7. The van der Waals surface area contributed by atoms with Gasteiger partial charge in [-0.1, -0.05) is 50.1 Å². The molecule has 1 aliphatic heterocycles. The molecule has 132 valence electrons. The van der Waals surface area contributed by atoms with Gasteiger partial charge in [0.05, 0.1) is 24.4 Å². The molecular formula is C20H23NO3S. The number of benzene rings is 2. The van der Waals surface area contributed by atoms with Gasteiger partial charge in [0.1, 0.15) is 5.75 Å². The maximum atomic E-state index is 12.9. The van der Waals surface area contributed by atoms with Crippen molar-refractivity contribution in [2.24, 2.45) is 4.99 Å². The van der Waals surface area contributed by atoms with E-state index >= 15 is 0 Å². The molecule has 2 aromatic carbocycles. The number of hydrogen-bond donors (Lipinski definition) is 1. The van der Waals surface area contributed by atoms with Crippen LogP contribution in [-0.2, 0) is 11.2 Å². The van der Waals surface area contributed by atoms with Crippen LogP contribution in [0.4, 0.5) is 0 Å². The van der Waals surface area contributed by atoms with E-state index in [-0.39, 0.29) is 11.8 Å². The molecule has 0 amide bonds. The number of nitrogens with zero attached hydrogens (tertiary/aromatic N) is 1. The monoisotopic (exact) mass is 357 g/mol. The van der Waals surface area contributed by atoms with Gasteiger partial charge >= 0.3 is 0 Å². The summed E-state index contributed by atoms with van der Waals surface area (Å²) in [6, 6.07) is 13.2. The zero-order valence-corrected chi connectivity index (χ0v) is 15.4. The highest BCUT2D eigenvalue weighted by Gasteiger charge is 2.30. The third-order valence-corrected chi connectivity index (χ3v) is 5.89. The highest BCUT2D eigenvalue weighted by molar-refractivity contribution is 7.91. The molecule has 0 saturated heterocycles. The average molecular weight is 357 g/mol. The van der Waals surface area contributed by atoms with E-state index in [4.69, 9.17) is 9.73 Å². The van der Waals surface area contributed by atoms with Crippen LogP contribution < -0.4 is 4.74 Å². The van der Waals surface area contributed by atoms with Gasteiger partial charge in [-0.2, -0.15) is 0 Å². The van der Waals surface area contributed by atoms with Crippen molar-refractivity contribution in [1.29, 1.82) is 0 Å². The molecule has 2 aromatic rings. The van der Waals surface area contributed by atoms with E-state index < -0.39 is 11.2 Å². The Kier molecular flexibility index (Phi) is 5.66. The van der Waals surface area contributed by atoms with Gasteiger partial charge in [-0.3, -0.25) is 4.99 Å². The summed E-state index contributed by atoms with van der Waals surface area (Å²) in [5.74, 6) is 0.857. The number of unbranched alkanes of at least 4 members (excludes halogenated alkanes) is 1. The van der Waals surface area contributed by atoms with E-state index in [0.29, 0.717) is 16.4 Å². The molecule has 4 nitrogen and oxygen atoms in total. The zero-order chi connectivity index (χ0) is 17.8. The van der Waals surface area contributed by atoms with Crippen molar-refractivity contribution in [3.05, 3.63) is 53.6 Å². The largest absolute Gasteiger partial charge is 0.611 e. The Morgan fingerprint density at radius 3 is 2.72 bits per heavy atom. The van der Waals surface area contributed by atoms with Gasteiger partial charge in [0.25, 0.3) is 0 Å². The number of phenols is 1. The van der Waals surface area contributed by atoms with Crippen LogP contribution in [0.2, 0.25) is 0 Å². The minimum Gasteiger partial charge on any atom is -0.611 e. The molecule has 0 aliphatic carbocycles. The number of phenolic OH excluding ortho intramolecular Hbond substituents is 1. The van der Waals surface area contributed by atoms with E-state index in [1.54, 1.807) is 12.1 Å². The predicted molar refractivity (Wildman–Crippen MR) is 101 cm³/mol. The molecule has 0 bridgehead atoms. The van der Waals surface area contributed by atoms with E-state index in [9.17, 15) is 9.66 Å². The summed E-state index contributed by atoms with van der Waals surface area (Å²) >= 11 is -1.21. The molecule has 1 aliphatic rings. The van der Waals surface area contributed by atoms with Gasteiger partial charge in [0.2, 0.25) is 0 Å². The number of aliphatic imine (C=N–C) groups is 1. The standard InChI is InChI=1S/C20H23NO3S/c1-3-4-10-15-13-25(23)19-12-17(22)18(24-2)11-16(19)20(21-15)14-8-6-5-7-9-14/h5-9,11-12,15,22H,3-4,10,13H2,1-2H3/t15-,25+/m1/s1. The Labute approximate surface area is 151 Å². The van der Waals surface area contributed by atoms with Gasteiger partial charge < -0.3 is 14.4 Å². The summed E-state index contributed by atoms with van der Waals surface area (Å²) in [6.07, 6.45) is 3.05. The lowest BCUT2D eigenvalue weighted by Gasteiger charge is -2.15. The number of hydrogen-bond acceptors (Lipinski definition) is 4. The van der Waals surface area contributed by atoms with Crippen LogP contribution in [0.1, 0.15) is 37.3 Å². The highest BCUT2D eigenvalue weighted by Crippen LogP contribution is 2.36. The smallest absolute Gasteiger partial charge is 0.166 e. The van der Waals surface area contributed by atoms with Gasteiger partial charge in [-0.05, 0) is 23.7 Å². The van der Waals surface area contributed by atoms with Crippen LogP contribution in [-0.4, -0.2) is 34.3 Å². The molecule has 5 heteroatoms. The summed E-state index contributed by atoms with van der Waals surface area (Å²) < 4.78 is 18.2. The van der Waals surface area contributed by atoms with Crippen LogP contribution in [0.25, 0.3) is 0 Å². The third kappa shape index (κ3) is 3.83. The Bertz CT molecular complexity index is 761. The molecule has 0 aromatic heterocycles. The molecule has 0 radical (unpaired) electrons. The third-order valence-electron chi connectivity index (χ3n) is 4.38. The topological polar surface area (TPSA) is 64.9 Å². The van der Waals surface area contributed by atoms with Crippen molar-refractivity contribution in [3.8, 4) is 11.5 Å². The molecule has 25 heavy (non-hydrogen) atoms. The summed E-state index contributed by atoms with van der Waals surface area (Å²) in [7, 11) is 1.51. The first-order chi connectivity index (χ1) is 12.1. The lowest BCUT2D eigenvalue weighted by molar-refractivity contribution is 0.372. The fourth-order valence-corrected chi connectivity index (χ4v) is 4.47. The van der Waals surface area contributed by atoms with Crippen molar-refractivity contribution in [1.82, 2.24) is 0 Å². The number of methoxy groups -OCH3 is 1. The van der Waals surface area contributed by atoms with Crippen molar-refractivity contribution in [2.75, 3.05) is 12.9 Å². The molecule has 2 atom stereocenters. The van der Waals surface area contributed by atoms with Gasteiger partial charge in [0.15, 0.2) is 16.4 Å². The Balaban J connectivity index is 2.15. The second kappa shape index (κ2) is 7.93. The van der Waals surface area contributed by atoms with E-state index in [2.05, 4.69) is 6.92 Å². The Hall–Kier alpha value is -1.98. The lowest BCUT2D eigenvalue weighted by Crippen LogP contribution is -2.18. The summed E-state index contributed by atoms with van der Waals surface area (Å²) in [6.45, 7) is 2.15. The number of aromatic hydroxyl groups is 1. The second-order valence-corrected chi connectivity index (χ2v) is 7.64. The van der Waals surface area contributed by atoms with Gasteiger partial charge in [-0.25, -0.2) is 0 Å². The minimum atomic E-state index is -1.21. The second-order valence-electron chi connectivity index (χ2n) is 6.17. The maximum absolute atomic E-state index is 12.9. The predicted octanol–water partition coefficient (Wildman–Crippen LogP) is 3.92. The van der Waals surface area contributed by atoms with E-state index in [1.165, 1.54) is 7.11 Å². The summed E-state index contributed by atoms with van der Waals surface area (Å²) in [5, 5.41) is 10.1. The lowest BCUT2D eigenvalue weighted by atomic mass is 10.0. The zero-order valence-electron chi connectivity index (χ0n) is 14.6. The maximum Gasteiger partial charge on any atom is 0.166 e. The first kappa shape index (κ1) is 17.8. The molecule has 0 fully saturated rings. The van der Waals surface area contributed by atoms with Crippen LogP contribution in [0.15, 0.2) is 52.4 Å². The number of fused-ring (bicyclic) bond motifs is 1. The van der Waals surface area contributed by atoms with Crippen LogP contribution in [0.5, 0.6) is 11.5 Å². The summed E-state index contributed by atoms with van der Waals surface area (Å²) in [5.41, 5.74) is 2.58. The number of ether oxygens (including phenoxy) is 1. The first-order valence-electron chi connectivity index (χ1n) is 8.57. The molecule has 1 N–H and O–H groups in total. The summed E-state index contributed by atoms with van der Waals surface area (Å²) in [4.78, 5) is 5.59. The van der Waals surface area contributed by atoms with Gasteiger partial charge in [-0.15, -0.1) is 0 Å². The Morgan fingerprint density at radius 2 is 2.04 bits per heavy atom. The fraction of sp³-hybridized carbons (Fsp3) is 0.350. The van der Waals surface area contributed by atoms with Crippen molar-refractivity contribution in [3.63, 3.8) is 0 Å². The van der Waals surface area contributed by atoms with E-state index in [1.807, 2.05) is 30.3 Å². The molecule has 3 rings (SSSR count). The van der Waals surface area contributed by atoms with Gasteiger partial charge in [0, 0.05) is 11.6 Å². The fourth-order valence-electron chi connectivity index (χ4n) is 3.05. The SMILES string of the molecule is CCCC[C@@H]1C[S@+]([O-])c2cc(O)c(OC)cc2C(c2ccccc2)=N1. The van der Waals surface area contributed by atoms with Crippen LogP contribution >= 0.6 is 0 Å². The molecule has 0 unspecified atom stereocenters.